The molecule has 0 fully saturated rings. The van der Waals surface area contributed by atoms with Gasteiger partial charge in [-0.15, -0.1) is 0 Å². The summed E-state index contributed by atoms with van der Waals surface area (Å²) in [5.74, 6) is -2.06. The Morgan fingerprint density at radius 2 is 1.71 bits per heavy atom. The third-order valence-corrected chi connectivity index (χ3v) is 6.28. The third kappa shape index (κ3) is 8.27. The summed E-state index contributed by atoms with van der Waals surface area (Å²) in [4.78, 5) is 24.4. The van der Waals surface area contributed by atoms with Gasteiger partial charge in [0.2, 0.25) is 15.9 Å². The van der Waals surface area contributed by atoms with Crippen molar-refractivity contribution in [2.45, 2.75) is 43.7 Å². The highest BCUT2D eigenvalue weighted by Gasteiger charge is 2.30. The molecule has 8 nitrogen and oxygen atoms in total. The molecular weight excluding hydrogens is 463 g/mol. The highest BCUT2D eigenvalue weighted by Crippen LogP contribution is 2.16. The molecule has 0 saturated heterocycles. The van der Waals surface area contributed by atoms with Gasteiger partial charge in [0.25, 0.3) is 0 Å². The van der Waals surface area contributed by atoms with Gasteiger partial charge in [0.1, 0.15) is 30.3 Å². The van der Waals surface area contributed by atoms with E-state index in [0.29, 0.717) is 17.9 Å². The van der Waals surface area contributed by atoms with Gasteiger partial charge in [-0.25, -0.2) is 17.6 Å². The number of aliphatic carboxylic acids is 1. The molecule has 2 aromatic carbocycles. The van der Waals surface area contributed by atoms with Crippen LogP contribution < -0.4 is 14.8 Å². The SMILES string of the molecule is C=CCOc1ccc(C[C@H](NS(=O)(=O)c2ccc(F)cc2)C(=O)N[C@@H](CC(C)C)C(=O)O)cc1. The average molecular weight is 493 g/mol. The van der Waals surface area contributed by atoms with Crippen LogP contribution in [0.3, 0.4) is 0 Å². The fourth-order valence-corrected chi connectivity index (χ4v) is 4.33. The van der Waals surface area contributed by atoms with Crippen molar-refractivity contribution in [3.8, 4) is 5.75 Å². The van der Waals surface area contributed by atoms with E-state index in [1.807, 2.05) is 13.8 Å². The van der Waals surface area contributed by atoms with Gasteiger partial charge in [-0.1, -0.05) is 38.6 Å². The Balaban J connectivity index is 2.29. The number of amides is 1. The second-order valence-corrected chi connectivity index (χ2v) is 9.82. The van der Waals surface area contributed by atoms with E-state index in [0.717, 1.165) is 24.3 Å². The summed E-state index contributed by atoms with van der Waals surface area (Å²) in [5, 5.41) is 11.9. The largest absolute Gasteiger partial charge is 0.490 e. The van der Waals surface area contributed by atoms with E-state index in [1.54, 1.807) is 30.3 Å². The molecule has 2 atom stereocenters. The minimum Gasteiger partial charge on any atom is -0.490 e. The van der Waals surface area contributed by atoms with Crippen LogP contribution in [-0.2, 0) is 26.0 Å². The molecule has 1 amide bonds. The summed E-state index contributed by atoms with van der Waals surface area (Å²) in [6.45, 7) is 7.51. The van der Waals surface area contributed by atoms with E-state index < -0.39 is 39.8 Å². The van der Waals surface area contributed by atoms with Gasteiger partial charge in [0.15, 0.2) is 0 Å². The van der Waals surface area contributed by atoms with E-state index in [9.17, 15) is 27.5 Å². The Morgan fingerprint density at radius 3 is 2.24 bits per heavy atom. The van der Waals surface area contributed by atoms with E-state index >= 15 is 0 Å². The predicted octanol–water partition coefficient (Wildman–Crippen LogP) is 2.90. The predicted molar refractivity (Wildman–Crippen MR) is 125 cm³/mol. The van der Waals surface area contributed by atoms with E-state index in [4.69, 9.17) is 4.74 Å². The van der Waals surface area contributed by atoms with Crippen LogP contribution in [0.25, 0.3) is 0 Å². The number of ether oxygens (including phenoxy) is 1. The van der Waals surface area contributed by atoms with Crippen LogP contribution in [0, 0.1) is 11.7 Å². The first-order valence-corrected chi connectivity index (χ1v) is 12.1. The number of carboxylic acids is 1. The maximum atomic E-state index is 13.2. The molecule has 184 valence electrons. The molecule has 0 saturated carbocycles. The number of halogens is 1. The van der Waals surface area contributed by atoms with Crippen molar-refractivity contribution in [2.24, 2.45) is 5.92 Å². The van der Waals surface area contributed by atoms with E-state index in [2.05, 4.69) is 16.6 Å². The van der Waals surface area contributed by atoms with Crippen molar-refractivity contribution in [1.29, 1.82) is 0 Å². The minimum atomic E-state index is -4.20. The molecule has 0 aromatic heterocycles. The standard InChI is InChI=1S/C24H29FN2O6S/c1-4-13-33-19-9-5-17(6-10-19)15-21(23(28)26-22(24(29)30)14-16(2)3)27-34(31,32)20-11-7-18(25)8-12-20/h4-12,16,21-22,27H,1,13-15H2,2-3H3,(H,26,28)(H,29,30)/t21-,22-/m0/s1. The summed E-state index contributed by atoms with van der Waals surface area (Å²) >= 11 is 0. The number of carboxylic acid groups (broad SMARTS) is 1. The molecule has 0 aliphatic heterocycles. The van der Waals surface area contributed by atoms with Gasteiger partial charge in [-0.05, 0) is 60.7 Å². The third-order valence-electron chi connectivity index (χ3n) is 4.79. The van der Waals surface area contributed by atoms with Gasteiger partial charge in [0, 0.05) is 0 Å². The number of sulfonamides is 1. The number of rotatable bonds is 13. The second-order valence-electron chi connectivity index (χ2n) is 8.10. The van der Waals surface area contributed by atoms with Crippen LogP contribution in [0.4, 0.5) is 4.39 Å². The Bertz CT molecular complexity index is 1090. The quantitative estimate of drug-likeness (QED) is 0.370. The first-order chi connectivity index (χ1) is 16.0. The van der Waals surface area contributed by atoms with Crippen LogP contribution in [0.2, 0.25) is 0 Å². The smallest absolute Gasteiger partial charge is 0.326 e. The molecule has 0 aliphatic rings. The number of carbonyl (C=O) groups excluding carboxylic acids is 1. The van der Waals surface area contributed by atoms with Gasteiger partial charge in [-0.3, -0.25) is 4.79 Å². The molecule has 3 N–H and O–H groups in total. The molecule has 34 heavy (non-hydrogen) atoms. The molecule has 0 radical (unpaired) electrons. The van der Waals surface area contributed by atoms with Crippen LogP contribution >= 0.6 is 0 Å². The summed E-state index contributed by atoms with van der Waals surface area (Å²) in [6.07, 6.45) is 1.71. The number of hydrogen-bond donors (Lipinski definition) is 3. The topological polar surface area (TPSA) is 122 Å². The lowest BCUT2D eigenvalue weighted by Gasteiger charge is -2.22. The highest BCUT2D eigenvalue weighted by molar-refractivity contribution is 7.89. The van der Waals surface area contributed by atoms with Crippen molar-refractivity contribution in [1.82, 2.24) is 10.0 Å². The Labute approximate surface area is 198 Å². The van der Waals surface area contributed by atoms with Crippen molar-refractivity contribution in [3.05, 3.63) is 72.6 Å². The second kappa shape index (κ2) is 12.3. The van der Waals surface area contributed by atoms with E-state index in [-0.39, 0.29) is 23.7 Å². The van der Waals surface area contributed by atoms with Crippen molar-refractivity contribution < 1.29 is 32.2 Å². The maximum Gasteiger partial charge on any atom is 0.326 e. The lowest BCUT2D eigenvalue weighted by atomic mass is 10.0. The zero-order chi connectivity index (χ0) is 25.3. The average Bonchev–Trinajstić information content (AvgIpc) is 2.77. The van der Waals surface area contributed by atoms with Gasteiger partial charge in [-0.2, -0.15) is 4.72 Å². The Kier molecular flexibility index (Phi) is 9.76. The molecule has 0 bridgehead atoms. The van der Waals surface area contributed by atoms with Gasteiger partial charge >= 0.3 is 5.97 Å². The summed E-state index contributed by atoms with van der Waals surface area (Å²) in [7, 11) is -4.20. The van der Waals surface area contributed by atoms with Crippen LogP contribution in [-0.4, -0.2) is 44.1 Å². The zero-order valence-electron chi connectivity index (χ0n) is 19.0. The van der Waals surface area contributed by atoms with E-state index in [1.165, 1.54) is 0 Å². The number of nitrogens with one attached hydrogen (secondary N) is 2. The summed E-state index contributed by atoms with van der Waals surface area (Å²) in [5.41, 5.74) is 0.614. The van der Waals surface area contributed by atoms with Crippen molar-refractivity contribution in [2.75, 3.05) is 6.61 Å². The van der Waals surface area contributed by atoms with Gasteiger partial charge < -0.3 is 15.2 Å². The highest BCUT2D eigenvalue weighted by atomic mass is 32.2. The number of carbonyl (C=O) groups is 2. The monoisotopic (exact) mass is 492 g/mol. The van der Waals surface area contributed by atoms with Crippen molar-refractivity contribution >= 4 is 21.9 Å². The fourth-order valence-electron chi connectivity index (χ4n) is 3.13. The Morgan fingerprint density at radius 1 is 1.09 bits per heavy atom. The fraction of sp³-hybridized carbons (Fsp3) is 0.333. The van der Waals surface area contributed by atoms with Crippen LogP contribution in [0.5, 0.6) is 5.75 Å². The molecule has 0 aliphatic carbocycles. The molecule has 2 aromatic rings. The molecule has 0 heterocycles. The normalized spacial score (nSPS) is 13.2. The molecule has 10 heteroatoms. The lowest BCUT2D eigenvalue weighted by Crippen LogP contribution is -2.52. The summed E-state index contributed by atoms with van der Waals surface area (Å²) < 4.78 is 46.7. The minimum absolute atomic E-state index is 0.0149. The molecule has 0 spiro atoms. The molecule has 0 unspecified atom stereocenters. The van der Waals surface area contributed by atoms with Crippen LogP contribution in [0.1, 0.15) is 25.8 Å². The molecule has 2 rings (SSSR count). The van der Waals surface area contributed by atoms with Crippen LogP contribution in [0.15, 0.2) is 66.1 Å². The number of hydrogen-bond acceptors (Lipinski definition) is 5. The first-order valence-electron chi connectivity index (χ1n) is 10.7. The first kappa shape index (κ1) is 27.0. The lowest BCUT2D eigenvalue weighted by molar-refractivity contribution is -0.142. The van der Waals surface area contributed by atoms with Crippen molar-refractivity contribution in [3.63, 3.8) is 0 Å². The maximum absolute atomic E-state index is 13.2. The number of benzene rings is 2. The summed E-state index contributed by atoms with van der Waals surface area (Å²) in [6, 6.07) is 8.34. The molecular formula is C24H29FN2O6S. The van der Waals surface area contributed by atoms with Gasteiger partial charge in [0.05, 0.1) is 4.90 Å². The zero-order valence-corrected chi connectivity index (χ0v) is 19.8. The Hall–Kier alpha value is -3.24.